The molecular weight excluding hydrogens is 224 g/mol. The van der Waals surface area contributed by atoms with Gasteiger partial charge in [0.1, 0.15) is 0 Å². The Morgan fingerprint density at radius 2 is 2.00 bits per heavy atom. The maximum absolute atomic E-state index is 5.85. The van der Waals surface area contributed by atoms with Gasteiger partial charge in [-0.15, -0.1) is 0 Å². The van der Waals surface area contributed by atoms with Gasteiger partial charge in [0.2, 0.25) is 0 Å². The van der Waals surface area contributed by atoms with Crippen molar-refractivity contribution in [3.8, 4) is 0 Å². The number of hydrazine groups is 1. The molecular formula is C12H19ClN2O. The van der Waals surface area contributed by atoms with Crippen LogP contribution in [0.2, 0.25) is 5.02 Å². The van der Waals surface area contributed by atoms with Gasteiger partial charge in [-0.1, -0.05) is 30.7 Å². The zero-order valence-corrected chi connectivity index (χ0v) is 10.5. The number of rotatable bonds is 6. The Bertz CT molecular complexity index is 302. The van der Waals surface area contributed by atoms with Gasteiger partial charge in [0.25, 0.3) is 0 Å². The minimum absolute atomic E-state index is 0.132. The highest BCUT2D eigenvalue weighted by molar-refractivity contribution is 6.30. The van der Waals surface area contributed by atoms with E-state index < -0.39 is 0 Å². The van der Waals surface area contributed by atoms with Crippen LogP contribution in [0.5, 0.6) is 0 Å². The van der Waals surface area contributed by atoms with Crippen molar-refractivity contribution in [2.45, 2.75) is 19.4 Å². The summed E-state index contributed by atoms with van der Waals surface area (Å²) in [6.07, 6.45) is 0.966. The lowest BCUT2D eigenvalue weighted by atomic mass is 9.93. The molecule has 0 spiro atoms. The Balaban J connectivity index is 2.69. The van der Waals surface area contributed by atoms with Crippen LogP contribution < -0.4 is 11.3 Å². The molecule has 1 rings (SSSR count). The highest BCUT2D eigenvalue weighted by Crippen LogP contribution is 2.24. The smallest absolute Gasteiger partial charge is 0.0486 e. The van der Waals surface area contributed by atoms with Crippen molar-refractivity contribution < 1.29 is 4.74 Å². The molecule has 16 heavy (non-hydrogen) atoms. The van der Waals surface area contributed by atoms with Crippen LogP contribution in [0, 0.1) is 5.92 Å². The quantitative estimate of drug-likeness (QED) is 0.595. The monoisotopic (exact) mass is 242 g/mol. The van der Waals surface area contributed by atoms with Crippen molar-refractivity contribution in [3.63, 3.8) is 0 Å². The van der Waals surface area contributed by atoms with Gasteiger partial charge < -0.3 is 4.74 Å². The summed E-state index contributed by atoms with van der Waals surface area (Å²) in [6, 6.07) is 7.88. The van der Waals surface area contributed by atoms with E-state index in [4.69, 9.17) is 22.2 Å². The summed E-state index contributed by atoms with van der Waals surface area (Å²) in [5, 5.41) is 0.740. The second-order valence-corrected chi connectivity index (χ2v) is 4.39. The van der Waals surface area contributed by atoms with E-state index in [-0.39, 0.29) is 6.04 Å². The lowest BCUT2D eigenvalue weighted by Gasteiger charge is -2.23. The molecule has 1 aromatic carbocycles. The summed E-state index contributed by atoms with van der Waals surface area (Å²) < 4.78 is 5.07. The van der Waals surface area contributed by atoms with E-state index in [0.29, 0.717) is 5.92 Å². The molecule has 0 aliphatic heterocycles. The normalized spacial score (nSPS) is 14.8. The molecule has 2 atom stereocenters. The van der Waals surface area contributed by atoms with Gasteiger partial charge in [-0.3, -0.25) is 11.3 Å². The standard InChI is InChI=1S/C12H19ClN2O/c1-9(7-8-16-2)12(15-14)10-3-5-11(13)6-4-10/h3-6,9,12,15H,7-8,14H2,1-2H3. The van der Waals surface area contributed by atoms with Gasteiger partial charge >= 0.3 is 0 Å². The number of benzene rings is 1. The predicted molar refractivity (Wildman–Crippen MR) is 67.2 cm³/mol. The van der Waals surface area contributed by atoms with Crippen LogP contribution >= 0.6 is 11.6 Å². The Morgan fingerprint density at radius 3 is 2.50 bits per heavy atom. The third kappa shape index (κ3) is 3.76. The van der Waals surface area contributed by atoms with Crippen LogP contribution in [0.1, 0.15) is 24.9 Å². The number of ether oxygens (including phenoxy) is 1. The SMILES string of the molecule is COCCC(C)C(NN)c1ccc(Cl)cc1. The summed E-state index contributed by atoms with van der Waals surface area (Å²) in [5.74, 6) is 6.00. The van der Waals surface area contributed by atoms with Gasteiger partial charge in [-0.05, 0) is 30.0 Å². The van der Waals surface area contributed by atoms with Gasteiger partial charge in [0.05, 0.1) is 0 Å². The summed E-state index contributed by atoms with van der Waals surface area (Å²) in [6.45, 7) is 2.89. The molecule has 1 aromatic rings. The maximum atomic E-state index is 5.85. The first-order valence-corrected chi connectivity index (χ1v) is 5.77. The van der Waals surface area contributed by atoms with E-state index in [0.717, 1.165) is 23.6 Å². The molecule has 0 saturated carbocycles. The molecule has 0 saturated heterocycles. The molecule has 0 aliphatic carbocycles. The molecule has 0 heterocycles. The molecule has 0 fully saturated rings. The van der Waals surface area contributed by atoms with Crippen LogP contribution in [0.15, 0.2) is 24.3 Å². The van der Waals surface area contributed by atoms with E-state index >= 15 is 0 Å². The summed E-state index contributed by atoms with van der Waals surface area (Å²) in [4.78, 5) is 0. The average Bonchev–Trinajstić information content (AvgIpc) is 2.30. The molecule has 0 aromatic heterocycles. The molecule has 2 unspecified atom stereocenters. The van der Waals surface area contributed by atoms with Crippen LogP contribution in [0.3, 0.4) is 0 Å². The number of hydrogen-bond acceptors (Lipinski definition) is 3. The molecule has 0 radical (unpaired) electrons. The zero-order chi connectivity index (χ0) is 12.0. The van der Waals surface area contributed by atoms with Crippen LogP contribution in [-0.4, -0.2) is 13.7 Å². The van der Waals surface area contributed by atoms with Crippen molar-refractivity contribution in [2.24, 2.45) is 11.8 Å². The number of methoxy groups -OCH3 is 1. The zero-order valence-electron chi connectivity index (χ0n) is 9.74. The van der Waals surface area contributed by atoms with Crippen LogP contribution in [0.25, 0.3) is 0 Å². The lowest BCUT2D eigenvalue weighted by Crippen LogP contribution is -2.33. The third-order valence-electron chi connectivity index (χ3n) is 2.76. The van der Waals surface area contributed by atoms with E-state index in [1.165, 1.54) is 0 Å². The molecule has 0 bridgehead atoms. The maximum Gasteiger partial charge on any atom is 0.0486 e. The molecule has 4 heteroatoms. The van der Waals surface area contributed by atoms with Gasteiger partial charge in [0.15, 0.2) is 0 Å². The highest BCUT2D eigenvalue weighted by atomic mass is 35.5. The van der Waals surface area contributed by atoms with Crippen molar-refractivity contribution in [2.75, 3.05) is 13.7 Å². The fraction of sp³-hybridized carbons (Fsp3) is 0.500. The second-order valence-electron chi connectivity index (χ2n) is 3.95. The number of halogens is 1. The number of nitrogens with one attached hydrogen (secondary N) is 1. The summed E-state index contributed by atoms with van der Waals surface area (Å²) >= 11 is 5.85. The highest BCUT2D eigenvalue weighted by Gasteiger charge is 2.17. The average molecular weight is 243 g/mol. The molecule has 3 N–H and O–H groups in total. The third-order valence-corrected chi connectivity index (χ3v) is 3.01. The first kappa shape index (κ1) is 13.5. The topological polar surface area (TPSA) is 47.3 Å². The number of nitrogens with two attached hydrogens (primary N) is 1. The largest absolute Gasteiger partial charge is 0.385 e. The first-order valence-electron chi connectivity index (χ1n) is 5.39. The minimum atomic E-state index is 0.132. The fourth-order valence-corrected chi connectivity index (χ4v) is 1.86. The van der Waals surface area contributed by atoms with Crippen molar-refractivity contribution >= 4 is 11.6 Å². The number of hydrogen-bond donors (Lipinski definition) is 2. The van der Waals surface area contributed by atoms with E-state index in [2.05, 4.69) is 12.3 Å². The second kappa shape index (κ2) is 6.86. The van der Waals surface area contributed by atoms with E-state index in [1.54, 1.807) is 7.11 Å². The fourth-order valence-electron chi connectivity index (χ4n) is 1.73. The summed E-state index contributed by atoms with van der Waals surface area (Å²) in [7, 11) is 1.71. The van der Waals surface area contributed by atoms with E-state index in [9.17, 15) is 0 Å². The Labute approximate surface area is 102 Å². The summed E-state index contributed by atoms with van der Waals surface area (Å²) in [5.41, 5.74) is 4.00. The first-order chi connectivity index (χ1) is 7.69. The van der Waals surface area contributed by atoms with Crippen LogP contribution in [0.4, 0.5) is 0 Å². The van der Waals surface area contributed by atoms with Gasteiger partial charge in [0, 0.05) is 24.8 Å². The molecule has 0 aliphatic rings. The Morgan fingerprint density at radius 1 is 1.38 bits per heavy atom. The van der Waals surface area contributed by atoms with Gasteiger partial charge in [-0.25, -0.2) is 0 Å². The van der Waals surface area contributed by atoms with Crippen molar-refractivity contribution in [1.29, 1.82) is 0 Å². The van der Waals surface area contributed by atoms with Gasteiger partial charge in [-0.2, -0.15) is 0 Å². The van der Waals surface area contributed by atoms with E-state index in [1.807, 2.05) is 24.3 Å². The molecule has 90 valence electrons. The minimum Gasteiger partial charge on any atom is -0.385 e. The van der Waals surface area contributed by atoms with Crippen molar-refractivity contribution in [3.05, 3.63) is 34.9 Å². The van der Waals surface area contributed by atoms with Crippen LogP contribution in [-0.2, 0) is 4.74 Å². The lowest BCUT2D eigenvalue weighted by molar-refractivity contribution is 0.170. The molecule has 0 amide bonds. The van der Waals surface area contributed by atoms with Crippen molar-refractivity contribution in [1.82, 2.24) is 5.43 Å². The Kier molecular flexibility index (Phi) is 5.77. The Hall–Kier alpha value is -0.610. The molecule has 3 nitrogen and oxygen atoms in total. The predicted octanol–water partition coefficient (Wildman–Crippen LogP) is 2.52.